The molecule has 0 aliphatic carbocycles. The van der Waals surface area contributed by atoms with Crippen molar-refractivity contribution in [3.05, 3.63) is 29.1 Å². The van der Waals surface area contributed by atoms with Crippen LogP contribution in [0.4, 0.5) is 0 Å². The van der Waals surface area contributed by atoms with Crippen molar-refractivity contribution in [2.75, 3.05) is 13.1 Å². The normalized spacial score (nSPS) is 11.4. The lowest BCUT2D eigenvalue weighted by Crippen LogP contribution is -2.17. The third-order valence-corrected chi connectivity index (χ3v) is 2.36. The van der Waals surface area contributed by atoms with Crippen LogP contribution in [0.5, 0.6) is 0 Å². The van der Waals surface area contributed by atoms with E-state index in [9.17, 15) is 0 Å². The molecular formula is C11H18ClN3. The molecule has 0 atom stereocenters. The summed E-state index contributed by atoms with van der Waals surface area (Å²) in [5.41, 5.74) is 3.85. The molecule has 3 nitrogen and oxygen atoms in total. The molecule has 1 aromatic rings. The first-order valence-electron chi connectivity index (χ1n) is 5.21. The number of nitrogens with one attached hydrogen (secondary N) is 1. The van der Waals surface area contributed by atoms with Crippen LogP contribution >= 0.6 is 11.6 Å². The minimum absolute atomic E-state index is 0.834. The van der Waals surface area contributed by atoms with Crippen molar-refractivity contribution in [3.8, 4) is 0 Å². The summed E-state index contributed by atoms with van der Waals surface area (Å²) in [6.45, 7) is 6.90. The van der Waals surface area contributed by atoms with E-state index in [0.717, 1.165) is 31.7 Å². The fraction of sp³-hybridized carbons (Fsp3) is 0.545. The Labute approximate surface area is 96.1 Å². The summed E-state index contributed by atoms with van der Waals surface area (Å²) in [5.74, 6) is 0. The van der Waals surface area contributed by atoms with Crippen molar-refractivity contribution in [3.63, 3.8) is 0 Å². The van der Waals surface area contributed by atoms with Gasteiger partial charge in [0, 0.05) is 24.3 Å². The standard InChI is InChI=1S/C11H18ClN3/c1-10-9-11(2)15(14-10)8-4-7-13-6-3-5-12/h3,5,9,13H,4,6-8H2,1-2H3/b5-3+. The predicted octanol–water partition coefficient (Wildman–Crippen LogP) is 2.23. The van der Waals surface area contributed by atoms with Crippen molar-refractivity contribution < 1.29 is 0 Å². The van der Waals surface area contributed by atoms with Crippen LogP contribution in [-0.2, 0) is 6.54 Å². The molecule has 0 spiro atoms. The topological polar surface area (TPSA) is 29.9 Å². The summed E-state index contributed by atoms with van der Waals surface area (Å²) < 4.78 is 2.05. The Bertz CT molecular complexity index is 318. The molecule has 0 bridgehead atoms. The molecule has 84 valence electrons. The maximum atomic E-state index is 5.40. The lowest BCUT2D eigenvalue weighted by Gasteiger charge is -2.04. The van der Waals surface area contributed by atoms with Crippen LogP contribution in [0.25, 0.3) is 0 Å². The maximum absolute atomic E-state index is 5.40. The van der Waals surface area contributed by atoms with Gasteiger partial charge in [0.15, 0.2) is 0 Å². The van der Waals surface area contributed by atoms with Crippen LogP contribution in [0.1, 0.15) is 17.8 Å². The van der Waals surface area contributed by atoms with Crippen molar-refractivity contribution in [1.29, 1.82) is 0 Å². The van der Waals surface area contributed by atoms with Gasteiger partial charge in [0.2, 0.25) is 0 Å². The largest absolute Gasteiger partial charge is 0.313 e. The van der Waals surface area contributed by atoms with Gasteiger partial charge in [0.25, 0.3) is 0 Å². The number of nitrogens with zero attached hydrogens (tertiary/aromatic N) is 2. The van der Waals surface area contributed by atoms with Crippen LogP contribution in [-0.4, -0.2) is 22.9 Å². The first-order chi connectivity index (χ1) is 7.24. The van der Waals surface area contributed by atoms with Gasteiger partial charge in [0.1, 0.15) is 0 Å². The number of hydrogen-bond donors (Lipinski definition) is 1. The van der Waals surface area contributed by atoms with Crippen LogP contribution in [0.15, 0.2) is 17.7 Å². The van der Waals surface area contributed by atoms with Gasteiger partial charge in [-0.1, -0.05) is 17.7 Å². The summed E-state index contributed by atoms with van der Waals surface area (Å²) in [4.78, 5) is 0. The Balaban J connectivity index is 2.17. The van der Waals surface area contributed by atoms with Crippen molar-refractivity contribution >= 4 is 11.6 Å². The Hall–Kier alpha value is -0.800. The van der Waals surface area contributed by atoms with E-state index in [0.29, 0.717) is 0 Å². The number of aromatic nitrogens is 2. The van der Waals surface area contributed by atoms with Crippen molar-refractivity contribution in [2.45, 2.75) is 26.8 Å². The van der Waals surface area contributed by atoms with Gasteiger partial charge in [-0.15, -0.1) is 0 Å². The van der Waals surface area contributed by atoms with E-state index in [1.54, 1.807) is 0 Å². The van der Waals surface area contributed by atoms with E-state index in [1.165, 1.54) is 11.2 Å². The monoisotopic (exact) mass is 227 g/mol. The van der Waals surface area contributed by atoms with Gasteiger partial charge in [-0.25, -0.2) is 0 Å². The highest BCUT2D eigenvalue weighted by molar-refractivity contribution is 6.25. The fourth-order valence-electron chi connectivity index (χ4n) is 1.49. The highest BCUT2D eigenvalue weighted by Crippen LogP contribution is 2.01. The molecule has 0 aliphatic heterocycles. The zero-order chi connectivity index (χ0) is 11.1. The third-order valence-electron chi connectivity index (χ3n) is 2.18. The maximum Gasteiger partial charge on any atom is 0.0596 e. The molecule has 1 heterocycles. The summed E-state index contributed by atoms with van der Waals surface area (Å²) in [5, 5.41) is 7.67. The highest BCUT2D eigenvalue weighted by Gasteiger charge is 1.99. The van der Waals surface area contributed by atoms with E-state index in [4.69, 9.17) is 11.6 Å². The first kappa shape index (κ1) is 12.3. The SMILES string of the molecule is Cc1cc(C)n(CCCNC/C=C/Cl)n1. The molecule has 0 aromatic carbocycles. The zero-order valence-electron chi connectivity index (χ0n) is 9.33. The lowest BCUT2D eigenvalue weighted by atomic mass is 10.4. The van der Waals surface area contributed by atoms with Gasteiger partial charge in [-0.2, -0.15) is 5.10 Å². The molecule has 0 radical (unpaired) electrons. The minimum atomic E-state index is 0.834. The van der Waals surface area contributed by atoms with Crippen LogP contribution < -0.4 is 5.32 Å². The molecule has 0 saturated carbocycles. The second-order valence-corrected chi connectivity index (χ2v) is 3.82. The average molecular weight is 228 g/mol. The van der Waals surface area contributed by atoms with E-state index in [1.807, 2.05) is 13.0 Å². The van der Waals surface area contributed by atoms with Crippen LogP contribution in [0, 0.1) is 13.8 Å². The minimum Gasteiger partial charge on any atom is -0.313 e. The molecule has 0 fully saturated rings. The van der Waals surface area contributed by atoms with E-state index < -0.39 is 0 Å². The molecule has 0 amide bonds. The quantitative estimate of drug-likeness (QED) is 0.756. The Kier molecular flexibility index (Phi) is 5.43. The molecular weight excluding hydrogens is 210 g/mol. The van der Waals surface area contributed by atoms with Gasteiger partial charge in [-0.05, 0) is 32.9 Å². The number of halogens is 1. The number of aryl methyl sites for hydroxylation is 3. The summed E-state index contributed by atoms with van der Waals surface area (Å²) in [6, 6.07) is 2.10. The van der Waals surface area contributed by atoms with Gasteiger partial charge in [-0.3, -0.25) is 4.68 Å². The number of hydrogen-bond acceptors (Lipinski definition) is 2. The lowest BCUT2D eigenvalue weighted by molar-refractivity contribution is 0.542. The van der Waals surface area contributed by atoms with E-state index in [-0.39, 0.29) is 0 Å². The molecule has 0 saturated heterocycles. The van der Waals surface area contributed by atoms with Gasteiger partial charge < -0.3 is 5.32 Å². The van der Waals surface area contributed by atoms with Crippen molar-refractivity contribution in [1.82, 2.24) is 15.1 Å². The summed E-state index contributed by atoms with van der Waals surface area (Å²) >= 11 is 5.40. The Morgan fingerprint density at radius 2 is 2.33 bits per heavy atom. The molecule has 15 heavy (non-hydrogen) atoms. The number of rotatable bonds is 6. The third kappa shape index (κ3) is 4.49. The van der Waals surface area contributed by atoms with Crippen molar-refractivity contribution in [2.24, 2.45) is 0 Å². The first-order valence-corrected chi connectivity index (χ1v) is 5.64. The van der Waals surface area contributed by atoms with Crippen LogP contribution in [0.2, 0.25) is 0 Å². The van der Waals surface area contributed by atoms with E-state index in [2.05, 4.69) is 28.1 Å². The highest BCUT2D eigenvalue weighted by atomic mass is 35.5. The molecule has 1 aromatic heterocycles. The second-order valence-electron chi connectivity index (χ2n) is 3.57. The fourth-order valence-corrected chi connectivity index (χ4v) is 1.57. The second kappa shape index (κ2) is 6.64. The zero-order valence-corrected chi connectivity index (χ0v) is 10.1. The van der Waals surface area contributed by atoms with Gasteiger partial charge >= 0.3 is 0 Å². The summed E-state index contributed by atoms with van der Waals surface area (Å²) in [7, 11) is 0. The average Bonchev–Trinajstić information content (AvgIpc) is 2.51. The molecule has 0 aliphatic rings. The molecule has 4 heteroatoms. The molecule has 0 unspecified atom stereocenters. The van der Waals surface area contributed by atoms with Gasteiger partial charge in [0.05, 0.1) is 5.69 Å². The smallest absolute Gasteiger partial charge is 0.0596 e. The summed E-state index contributed by atoms with van der Waals surface area (Å²) in [6.07, 6.45) is 2.98. The predicted molar refractivity (Wildman–Crippen MR) is 64.2 cm³/mol. The van der Waals surface area contributed by atoms with E-state index >= 15 is 0 Å². The molecule has 1 rings (SSSR count). The molecule has 1 N–H and O–H groups in total. The van der Waals surface area contributed by atoms with Crippen LogP contribution in [0.3, 0.4) is 0 Å². The Morgan fingerprint density at radius 3 is 2.93 bits per heavy atom. The Morgan fingerprint density at radius 1 is 1.53 bits per heavy atom.